The summed E-state index contributed by atoms with van der Waals surface area (Å²) in [5.74, 6) is -0.378. The summed E-state index contributed by atoms with van der Waals surface area (Å²) in [5.41, 5.74) is 0. The van der Waals surface area contributed by atoms with Crippen LogP contribution in [0.2, 0.25) is 0 Å². The van der Waals surface area contributed by atoms with Crippen LogP contribution in [0.1, 0.15) is 61.0 Å². The molecule has 2 amide bonds. The maximum absolute atomic E-state index is 13.5. The molecular weight excluding hydrogens is 456 g/mol. The molecule has 3 aliphatic carbocycles. The van der Waals surface area contributed by atoms with Crippen molar-refractivity contribution in [2.45, 2.75) is 57.4 Å². The number of amides is 2. The number of rotatable bonds is 5. The summed E-state index contributed by atoms with van der Waals surface area (Å²) in [7, 11) is 0. The van der Waals surface area contributed by atoms with Crippen LogP contribution in [-0.4, -0.2) is 53.1 Å². The average molecular weight is 500 g/mol. The monoisotopic (exact) mass is 499 g/mol. The number of hydrogen-bond donors (Lipinski definition) is 1. The Morgan fingerprint density at radius 2 is 1.80 bits per heavy atom. The molecule has 6 nitrogen and oxygen atoms in total. The Morgan fingerprint density at radius 3 is 2.60 bits per heavy atom. The van der Waals surface area contributed by atoms with Crippen molar-refractivity contribution in [3.63, 3.8) is 0 Å². The molecule has 0 spiro atoms. The summed E-state index contributed by atoms with van der Waals surface area (Å²) < 4.78 is 67.7. The molecule has 7 atom stereocenters. The van der Waals surface area contributed by atoms with E-state index in [1.807, 2.05) is 0 Å². The number of imide groups is 1. The molecule has 2 aliphatic heterocycles. The predicted octanol–water partition coefficient (Wildman–Crippen LogP) is 4.30. The van der Waals surface area contributed by atoms with Crippen LogP contribution in [-0.2, 0) is 9.59 Å². The number of likely N-dealkylation sites (tertiary alicyclic amines) is 1. The molecule has 2 aromatic rings. The van der Waals surface area contributed by atoms with E-state index in [-0.39, 0.29) is 54.3 Å². The molecule has 1 aromatic carbocycles. The second-order valence-corrected chi connectivity index (χ2v) is 11.8. The van der Waals surface area contributed by atoms with Crippen molar-refractivity contribution < 1.29 is 19.2 Å². The fourth-order valence-electron chi connectivity index (χ4n) is 7.53. The topological polar surface area (TPSA) is 65.5 Å². The third-order valence-corrected chi connectivity index (χ3v) is 9.98. The third-order valence-electron chi connectivity index (χ3n) is 9.17. The lowest BCUT2D eigenvalue weighted by Gasteiger charge is -2.39. The van der Waals surface area contributed by atoms with Gasteiger partial charge in [-0.05, 0) is 79.4 Å². The first-order valence-corrected chi connectivity index (χ1v) is 13.8. The maximum Gasteiger partial charge on any atom is 0.233 e. The van der Waals surface area contributed by atoms with E-state index in [0.717, 1.165) is 55.0 Å². The number of hydrogen-bond acceptors (Lipinski definition) is 6. The lowest BCUT2D eigenvalue weighted by molar-refractivity contribution is -0.142. The van der Waals surface area contributed by atoms with Crippen molar-refractivity contribution in [1.29, 1.82) is 0 Å². The normalized spacial score (nSPS) is 46.3. The Labute approximate surface area is 221 Å². The van der Waals surface area contributed by atoms with Crippen LogP contribution in [0.5, 0.6) is 0 Å². The third kappa shape index (κ3) is 3.72. The summed E-state index contributed by atoms with van der Waals surface area (Å²) in [6.45, 7) is -8.10. The van der Waals surface area contributed by atoms with Gasteiger partial charge in [0.25, 0.3) is 0 Å². The van der Waals surface area contributed by atoms with Gasteiger partial charge in [0.1, 0.15) is 5.82 Å². The van der Waals surface area contributed by atoms with E-state index < -0.39 is 25.5 Å². The number of benzene rings is 1. The number of nitrogens with one attached hydrogen (secondary N) is 1. The van der Waals surface area contributed by atoms with Gasteiger partial charge in [-0.3, -0.25) is 14.5 Å². The van der Waals surface area contributed by atoms with Gasteiger partial charge in [-0.1, -0.05) is 31.4 Å². The van der Waals surface area contributed by atoms with Crippen LogP contribution >= 0.6 is 11.5 Å². The lowest BCUT2D eigenvalue weighted by Crippen LogP contribution is -2.52. The van der Waals surface area contributed by atoms with Crippen LogP contribution in [0.4, 0.5) is 5.82 Å². The SMILES string of the molecule is [2H]C1([2H])N[C@]([2H])(CC2CCCCC2CN2C(=O)[C@@H]3[C@H]4CCC(C4)[C@@H]3C2=O)C([2H])([2H])N(c2nsc3ccccc23)C1([2H])[2H]. The molecular formula is C28H36N4O2S. The molecule has 35 heavy (non-hydrogen) atoms. The van der Waals surface area contributed by atoms with Gasteiger partial charge in [-0.15, -0.1) is 0 Å². The number of piperazine rings is 1. The molecule has 3 heterocycles. The Balaban J connectivity index is 1.19. The minimum absolute atomic E-state index is 0.0257. The number of anilines is 1. The highest BCUT2D eigenvalue weighted by atomic mass is 32.1. The standard InChI is InChI=1S/C28H36N4O2S/c33-27-24-18-9-10-19(13-18)25(24)28(34)32(27)15-20-6-2-1-5-17(20)14-21-16-31(12-11-29-21)26-22-7-3-4-8-23(22)35-30-26/h3-4,7-8,17-21,24-25,29H,1-2,5-6,9-16H2/t17?,18-,19?,20?,21+,24+,25-/m0/s1/i11D2,12D2,16D2,21D. The second-order valence-electron chi connectivity index (χ2n) is 11.0. The Hall–Kier alpha value is -1.99. The molecule has 186 valence electrons. The zero-order valence-corrected chi connectivity index (χ0v) is 20.5. The van der Waals surface area contributed by atoms with Crippen molar-refractivity contribution in [3.8, 4) is 0 Å². The smallest absolute Gasteiger partial charge is 0.233 e. The highest BCUT2D eigenvalue weighted by molar-refractivity contribution is 7.13. The van der Waals surface area contributed by atoms with E-state index in [2.05, 4.69) is 9.69 Å². The highest BCUT2D eigenvalue weighted by Gasteiger charge is 2.61. The van der Waals surface area contributed by atoms with E-state index in [4.69, 9.17) is 5.48 Å². The van der Waals surface area contributed by atoms with Crippen LogP contribution in [0, 0.1) is 35.5 Å². The molecule has 3 unspecified atom stereocenters. The predicted molar refractivity (Wildman–Crippen MR) is 138 cm³/mol. The number of carbonyl (C=O) groups excluding carboxylic acids is 2. The molecule has 3 saturated carbocycles. The zero-order chi connectivity index (χ0) is 29.8. The Kier molecular flexibility index (Phi) is 4.04. The molecule has 1 N–H and O–H groups in total. The number of carbonyl (C=O) groups is 2. The van der Waals surface area contributed by atoms with Crippen LogP contribution in [0.15, 0.2) is 24.3 Å². The summed E-state index contributed by atoms with van der Waals surface area (Å²) in [4.78, 5) is 29.1. The first-order chi connectivity index (χ1) is 19.8. The molecule has 7 heteroatoms. The largest absolute Gasteiger partial charge is 0.352 e. The Morgan fingerprint density at radius 1 is 1.06 bits per heavy atom. The second kappa shape index (κ2) is 8.84. The fraction of sp³-hybridized carbons (Fsp3) is 0.679. The zero-order valence-electron chi connectivity index (χ0n) is 26.7. The van der Waals surface area contributed by atoms with E-state index in [1.165, 1.54) is 4.90 Å². The number of fused-ring (bicyclic) bond motifs is 6. The highest BCUT2D eigenvalue weighted by Crippen LogP contribution is 2.56. The van der Waals surface area contributed by atoms with E-state index in [1.54, 1.807) is 24.3 Å². The van der Waals surface area contributed by atoms with E-state index >= 15 is 0 Å². The van der Waals surface area contributed by atoms with Gasteiger partial charge in [-0.2, -0.15) is 4.37 Å². The summed E-state index contributed by atoms with van der Waals surface area (Å²) in [5, 5.41) is 2.95. The molecule has 0 radical (unpaired) electrons. The molecule has 2 saturated heterocycles. The van der Waals surface area contributed by atoms with Crippen LogP contribution in [0.3, 0.4) is 0 Å². The average Bonchev–Trinajstić information content (AvgIpc) is 3.70. The summed E-state index contributed by atoms with van der Waals surface area (Å²) >= 11 is 1.08. The van der Waals surface area contributed by atoms with Crippen molar-refractivity contribution in [2.75, 3.05) is 30.9 Å². The van der Waals surface area contributed by atoms with Gasteiger partial charge in [0.2, 0.25) is 11.8 Å². The summed E-state index contributed by atoms with van der Waals surface area (Å²) in [6, 6.07) is 4.79. The van der Waals surface area contributed by atoms with Gasteiger partial charge in [0.15, 0.2) is 0 Å². The molecule has 5 aliphatic rings. The van der Waals surface area contributed by atoms with Crippen molar-refractivity contribution in [1.82, 2.24) is 14.6 Å². The van der Waals surface area contributed by atoms with Gasteiger partial charge < -0.3 is 10.2 Å². The van der Waals surface area contributed by atoms with Gasteiger partial charge in [-0.25, -0.2) is 0 Å². The number of nitrogens with zero attached hydrogens (tertiary/aromatic N) is 3. The van der Waals surface area contributed by atoms with E-state index in [0.29, 0.717) is 28.3 Å². The summed E-state index contributed by atoms with van der Waals surface area (Å²) in [6.07, 6.45) is 6.03. The quantitative estimate of drug-likeness (QED) is 0.622. The van der Waals surface area contributed by atoms with Crippen LogP contribution < -0.4 is 10.2 Å². The molecule has 2 bridgehead atoms. The minimum Gasteiger partial charge on any atom is -0.352 e. The maximum atomic E-state index is 13.5. The van der Waals surface area contributed by atoms with Gasteiger partial charge in [0.05, 0.1) is 22.0 Å². The van der Waals surface area contributed by atoms with Gasteiger partial charge >= 0.3 is 0 Å². The van der Waals surface area contributed by atoms with Crippen molar-refractivity contribution in [3.05, 3.63) is 24.3 Å². The first kappa shape index (κ1) is 16.0. The van der Waals surface area contributed by atoms with Crippen molar-refractivity contribution in [2.24, 2.45) is 35.5 Å². The molecule has 1 aromatic heterocycles. The van der Waals surface area contributed by atoms with E-state index in [9.17, 15) is 13.7 Å². The molecule has 7 rings (SSSR count). The van der Waals surface area contributed by atoms with Gasteiger partial charge in [0, 0.05) is 41.6 Å². The number of aromatic nitrogens is 1. The van der Waals surface area contributed by atoms with Crippen LogP contribution in [0.25, 0.3) is 10.1 Å². The minimum atomic E-state index is -2.87. The Bertz CT molecular complexity index is 1410. The lowest BCUT2D eigenvalue weighted by atomic mass is 9.75. The van der Waals surface area contributed by atoms with Crippen molar-refractivity contribution >= 4 is 39.3 Å². The first-order valence-electron chi connectivity index (χ1n) is 16.6. The fourth-order valence-corrected chi connectivity index (χ4v) is 8.29. The molecule has 5 fully saturated rings.